The highest BCUT2D eigenvalue weighted by atomic mass is 35.5. The van der Waals surface area contributed by atoms with Gasteiger partial charge in [0, 0.05) is 35.2 Å². The van der Waals surface area contributed by atoms with Crippen LogP contribution in [-0.4, -0.2) is 31.2 Å². The number of rotatable bonds is 5. The van der Waals surface area contributed by atoms with Crippen LogP contribution >= 0.6 is 11.6 Å². The van der Waals surface area contributed by atoms with Crippen LogP contribution in [0.2, 0.25) is 5.02 Å². The summed E-state index contributed by atoms with van der Waals surface area (Å²) in [6.45, 7) is 1.65. The van der Waals surface area contributed by atoms with Crippen molar-refractivity contribution in [1.82, 2.24) is 4.98 Å². The second-order valence-electron chi connectivity index (χ2n) is 6.86. The smallest absolute Gasteiger partial charge is 0.309 e. The van der Waals surface area contributed by atoms with Crippen LogP contribution in [0.25, 0.3) is 0 Å². The number of methoxy groups -OCH3 is 1. The Hall–Kier alpha value is -2.34. The fourth-order valence-electron chi connectivity index (χ4n) is 3.50. The lowest BCUT2D eigenvalue weighted by molar-refractivity contribution is -0.143. The zero-order valence-electron chi connectivity index (χ0n) is 14.2. The number of benzene rings is 1. The Kier molecular flexibility index (Phi) is 4.23. The van der Waals surface area contributed by atoms with Gasteiger partial charge in [-0.25, -0.2) is 4.39 Å². The molecule has 1 saturated carbocycles. The first kappa shape index (κ1) is 17.1. The van der Waals surface area contributed by atoms with E-state index >= 15 is 0 Å². The normalized spacial score (nSPS) is 19.8. The highest BCUT2D eigenvalue weighted by molar-refractivity contribution is 6.30. The Balaban J connectivity index is 1.37. The van der Waals surface area contributed by atoms with Crippen molar-refractivity contribution < 1.29 is 18.7 Å². The van der Waals surface area contributed by atoms with Gasteiger partial charge in [0.2, 0.25) is 5.88 Å². The Morgan fingerprint density at radius 2 is 2.19 bits per heavy atom. The van der Waals surface area contributed by atoms with Crippen LogP contribution in [0.1, 0.15) is 12.0 Å². The fourth-order valence-corrected chi connectivity index (χ4v) is 3.66. The molecule has 1 aromatic carbocycles. The largest absolute Gasteiger partial charge is 0.473 e. The molecule has 7 heteroatoms. The maximum absolute atomic E-state index is 13.8. The summed E-state index contributed by atoms with van der Waals surface area (Å²) in [7, 11) is 1.43. The predicted molar refractivity (Wildman–Crippen MR) is 94.7 cm³/mol. The summed E-state index contributed by atoms with van der Waals surface area (Å²) in [6.07, 6.45) is 0.877. The Labute approximate surface area is 155 Å². The number of aromatic nitrogens is 1. The van der Waals surface area contributed by atoms with Crippen LogP contribution < -0.4 is 9.64 Å². The summed E-state index contributed by atoms with van der Waals surface area (Å²) in [4.78, 5) is 18.2. The first-order chi connectivity index (χ1) is 12.5. The van der Waals surface area contributed by atoms with Crippen LogP contribution in [0.5, 0.6) is 5.88 Å². The summed E-state index contributed by atoms with van der Waals surface area (Å²) < 4.78 is 24.3. The third-order valence-electron chi connectivity index (χ3n) is 5.11. The maximum Gasteiger partial charge on any atom is 0.309 e. The molecule has 136 valence electrons. The van der Waals surface area contributed by atoms with E-state index in [-0.39, 0.29) is 23.9 Å². The van der Waals surface area contributed by atoms with Crippen LogP contribution in [0.3, 0.4) is 0 Å². The van der Waals surface area contributed by atoms with Gasteiger partial charge in [0.25, 0.3) is 0 Å². The van der Waals surface area contributed by atoms with E-state index in [1.54, 1.807) is 18.2 Å². The lowest BCUT2D eigenvalue weighted by Gasteiger charge is -2.41. The highest BCUT2D eigenvalue weighted by Crippen LogP contribution is 2.59. The maximum atomic E-state index is 13.8. The number of ether oxygens (including phenoxy) is 2. The Morgan fingerprint density at radius 1 is 1.38 bits per heavy atom. The summed E-state index contributed by atoms with van der Waals surface area (Å²) >= 11 is 5.75. The second kappa shape index (κ2) is 6.43. The number of anilines is 1. The minimum Gasteiger partial charge on any atom is -0.473 e. The van der Waals surface area contributed by atoms with Gasteiger partial charge in [0.15, 0.2) is 0 Å². The van der Waals surface area contributed by atoms with Crippen molar-refractivity contribution in [2.75, 3.05) is 25.1 Å². The number of hydrogen-bond donors (Lipinski definition) is 0. The fraction of sp³-hybridized carbons (Fsp3) is 0.368. The zero-order valence-corrected chi connectivity index (χ0v) is 15.0. The molecule has 1 spiro atoms. The SMILES string of the molecule is COC(=O)C1CC12CN(c1cccc(OCc3ccc(Cl)cc3F)n1)C2. The average Bonchev–Trinajstić information content (AvgIpc) is 3.35. The monoisotopic (exact) mass is 376 g/mol. The van der Waals surface area contributed by atoms with Gasteiger partial charge in [-0.05, 0) is 24.6 Å². The number of carbonyl (C=O) groups is 1. The standard InChI is InChI=1S/C19H18ClFN2O3/c1-25-18(24)14-8-19(14)10-23(11-19)16-3-2-4-17(22-16)26-9-12-5-6-13(20)7-15(12)21/h2-7,14H,8-11H2,1H3. The summed E-state index contributed by atoms with van der Waals surface area (Å²) in [6, 6.07) is 9.97. The molecular weight excluding hydrogens is 359 g/mol. The van der Waals surface area contributed by atoms with E-state index in [0.717, 1.165) is 25.3 Å². The number of esters is 1. The molecule has 0 radical (unpaired) electrons. The van der Waals surface area contributed by atoms with E-state index < -0.39 is 5.82 Å². The molecule has 1 atom stereocenters. The van der Waals surface area contributed by atoms with E-state index in [1.165, 1.54) is 13.2 Å². The minimum atomic E-state index is -0.402. The van der Waals surface area contributed by atoms with Crippen molar-refractivity contribution in [3.05, 3.63) is 52.8 Å². The van der Waals surface area contributed by atoms with Gasteiger partial charge in [-0.15, -0.1) is 0 Å². The molecule has 26 heavy (non-hydrogen) atoms. The third kappa shape index (κ3) is 3.09. The molecule has 1 unspecified atom stereocenters. The molecule has 2 heterocycles. The lowest BCUT2D eigenvalue weighted by atomic mass is 9.93. The molecule has 2 aromatic rings. The van der Waals surface area contributed by atoms with Crippen molar-refractivity contribution in [3.63, 3.8) is 0 Å². The zero-order chi connectivity index (χ0) is 18.3. The van der Waals surface area contributed by atoms with Crippen molar-refractivity contribution >= 4 is 23.4 Å². The Bertz CT molecular complexity index is 854. The van der Waals surface area contributed by atoms with Gasteiger partial charge in [0.05, 0.1) is 13.0 Å². The van der Waals surface area contributed by atoms with Crippen LogP contribution in [0.15, 0.2) is 36.4 Å². The van der Waals surface area contributed by atoms with E-state index in [4.69, 9.17) is 21.1 Å². The number of carbonyl (C=O) groups excluding carboxylic acids is 1. The molecular formula is C19H18ClFN2O3. The van der Waals surface area contributed by atoms with Gasteiger partial charge in [-0.1, -0.05) is 23.7 Å². The van der Waals surface area contributed by atoms with Crippen LogP contribution in [-0.2, 0) is 16.1 Å². The molecule has 1 aliphatic heterocycles. The molecule has 0 bridgehead atoms. The summed E-state index contributed by atoms with van der Waals surface area (Å²) in [5.41, 5.74) is 0.473. The lowest BCUT2D eigenvalue weighted by Crippen LogP contribution is -2.50. The number of halogens is 2. The molecule has 0 amide bonds. The number of pyridine rings is 1. The predicted octanol–water partition coefficient (Wildman–Crippen LogP) is 3.45. The van der Waals surface area contributed by atoms with Crippen molar-refractivity contribution in [3.8, 4) is 5.88 Å². The van der Waals surface area contributed by atoms with Gasteiger partial charge >= 0.3 is 5.97 Å². The number of nitrogens with zero attached hydrogens (tertiary/aromatic N) is 2. The van der Waals surface area contributed by atoms with E-state index in [1.807, 2.05) is 12.1 Å². The van der Waals surface area contributed by atoms with Crippen LogP contribution in [0, 0.1) is 17.2 Å². The van der Waals surface area contributed by atoms with Crippen molar-refractivity contribution in [1.29, 1.82) is 0 Å². The second-order valence-corrected chi connectivity index (χ2v) is 7.29. The first-order valence-electron chi connectivity index (χ1n) is 8.37. The van der Waals surface area contributed by atoms with Gasteiger partial charge in [0.1, 0.15) is 18.2 Å². The van der Waals surface area contributed by atoms with Crippen molar-refractivity contribution in [2.45, 2.75) is 13.0 Å². The minimum absolute atomic E-state index is 0.0102. The molecule has 0 N–H and O–H groups in total. The molecule has 2 fully saturated rings. The van der Waals surface area contributed by atoms with E-state index in [9.17, 15) is 9.18 Å². The molecule has 1 aliphatic carbocycles. The quantitative estimate of drug-likeness (QED) is 0.748. The van der Waals surface area contributed by atoms with Crippen LogP contribution in [0.4, 0.5) is 10.2 Å². The van der Waals surface area contributed by atoms with E-state index in [2.05, 4.69) is 9.88 Å². The number of hydrogen-bond acceptors (Lipinski definition) is 5. The molecule has 4 rings (SSSR count). The highest BCUT2D eigenvalue weighted by Gasteiger charge is 2.65. The third-order valence-corrected chi connectivity index (χ3v) is 5.35. The molecule has 2 aliphatic rings. The van der Waals surface area contributed by atoms with Gasteiger partial charge in [-0.2, -0.15) is 4.98 Å². The van der Waals surface area contributed by atoms with Gasteiger partial charge < -0.3 is 14.4 Å². The van der Waals surface area contributed by atoms with Crippen molar-refractivity contribution in [2.24, 2.45) is 11.3 Å². The van der Waals surface area contributed by atoms with E-state index in [0.29, 0.717) is 16.5 Å². The average molecular weight is 377 g/mol. The van der Waals surface area contributed by atoms with Gasteiger partial charge in [-0.3, -0.25) is 4.79 Å². The molecule has 5 nitrogen and oxygen atoms in total. The molecule has 1 saturated heterocycles. The Morgan fingerprint density at radius 3 is 2.92 bits per heavy atom. The first-order valence-corrected chi connectivity index (χ1v) is 8.75. The summed E-state index contributed by atoms with van der Waals surface area (Å²) in [5, 5.41) is 0.350. The topological polar surface area (TPSA) is 51.7 Å². The summed E-state index contributed by atoms with van der Waals surface area (Å²) in [5.74, 6) is 0.704. The molecule has 1 aromatic heterocycles.